The number of likely N-dealkylation sites (tertiary alicyclic amines) is 1. The van der Waals surface area contributed by atoms with E-state index in [1.165, 1.54) is 41.3 Å². The number of nitrogens with zero attached hydrogens (tertiary/aromatic N) is 1. The van der Waals surface area contributed by atoms with E-state index in [2.05, 4.69) is 0 Å². The van der Waals surface area contributed by atoms with Gasteiger partial charge in [-0.2, -0.15) is 0 Å². The third-order valence-electron chi connectivity index (χ3n) is 5.51. The number of carbonyl (C=O) groups is 2. The molecule has 1 atom stereocenters. The molecular weight excluding hydrogens is 437 g/mol. The number of hydrogen-bond acceptors (Lipinski definition) is 5. The third kappa shape index (κ3) is 4.64. The van der Waals surface area contributed by atoms with Gasteiger partial charge in [-0.25, -0.2) is 4.39 Å². The van der Waals surface area contributed by atoms with E-state index in [9.17, 15) is 24.2 Å². The fourth-order valence-electron chi connectivity index (χ4n) is 3.95. The summed E-state index contributed by atoms with van der Waals surface area (Å²) in [5.74, 6) is -1.68. The van der Waals surface area contributed by atoms with Crippen molar-refractivity contribution in [1.29, 1.82) is 0 Å². The summed E-state index contributed by atoms with van der Waals surface area (Å²) in [6, 6.07) is 17.4. The van der Waals surface area contributed by atoms with Gasteiger partial charge in [0.25, 0.3) is 11.7 Å². The van der Waals surface area contributed by atoms with Crippen molar-refractivity contribution < 1.29 is 28.9 Å². The summed E-state index contributed by atoms with van der Waals surface area (Å²) in [5.41, 5.74) is 1.47. The Balaban J connectivity index is 1.79. The minimum Gasteiger partial charge on any atom is -0.508 e. The Morgan fingerprint density at radius 3 is 2.18 bits per heavy atom. The van der Waals surface area contributed by atoms with Crippen molar-refractivity contribution in [3.63, 3.8) is 0 Å². The topological polar surface area (TPSA) is 87.1 Å². The van der Waals surface area contributed by atoms with Crippen LogP contribution in [-0.4, -0.2) is 32.9 Å². The van der Waals surface area contributed by atoms with E-state index < -0.39 is 23.5 Å². The lowest BCUT2D eigenvalue weighted by Crippen LogP contribution is -2.29. The monoisotopic (exact) mass is 461 g/mol. The molecule has 4 rings (SSSR count). The standard InChI is InChI=1S/C27H24FNO5/c1-16(2)34-22-13-7-19(8-14-22)25(31)23-24(18-5-11-21(30)12-6-18)29(27(33)26(23)32)15-17-3-9-20(28)10-4-17/h3-14,16,24,30-31H,15H2,1-2H3/b25-23-. The first-order valence-electron chi connectivity index (χ1n) is 10.8. The van der Waals surface area contributed by atoms with Gasteiger partial charge in [-0.15, -0.1) is 0 Å². The van der Waals surface area contributed by atoms with Gasteiger partial charge in [0.15, 0.2) is 0 Å². The van der Waals surface area contributed by atoms with Crippen LogP contribution in [0.5, 0.6) is 11.5 Å². The summed E-state index contributed by atoms with van der Waals surface area (Å²) in [6.45, 7) is 3.83. The Morgan fingerprint density at radius 1 is 0.971 bits per heavy atom. The van der Waals surface area contributed by atoms with Gasteiger partial charge in [-0.05, 0) is 73.5 Å². The molecule has 1 heterocycles. The Morgan fingerprint density at radius 2 is 1.59 bits per heavy atom. The van der Waals surface area contributed by atoms with Crippen LogP contribution in [0.25, 0.3) is 5.76 Å². The number of rotatable bonds is 6. The number of ether oxygens (including phenoxy) is 1. The smallest absolute Gasteiger partial charge is 0.295 e. The minimum atomic E-state index is -0.891. The number of Topliss-reactive ketones (excluding diaryl/α,β-unsaturated/α-hetero) is 1. The number of halogens is 1. The predicted octanol–water partition coefficient (Wildman–Crippen LogP) is 4.94. The van der Waals surface area contributed by atoms with E-state index >= 15 is 0 Å². The maximum atomic E-state index is 13.4. The van der Waals surface area contributed by atoms with Gasteiger partial charge >= 0.3 is 0 Å². The van der Waals surface area contributed by atoms with Gasteiger partial charge in [0.05, 0.1) is 17.7 Å². The highest BCUT2D eigenvalue weighted by Gasteiger charge is 2.46. The largest absolute Gasteiger partial charge is 0.508 e. The summed E-state index contributed by atoms with van der Waals surface area (Å²) in [6.07, 6.45) is -0.0225. The average molecular weight is 461 g/mol. The molecule has 1 fully saturated rings. The fourth-order valence-corrected chi connectivity index (χ4v) is 3.95. The molecule has 1 aliphatic heterocycles. The minimum absolute atomic E-state index is 0.0225. The summed E-state index contributed by atoms with van der Waals surface area (Å²) < 4.78 is 19.0. The summed E-state index contributed by atoms with van der Waals surface area (Å²) in [5, 5.41) is 20.8. The van der Waals surface area contributed by atoms with E-state index in [1.807, 2.05) is 13.8 Å². The van der Waals surface area contributed by atoms with Crippen LogP contribution in [0.1, 0.15) is 36.6 Å². The lowest BCUT2D eigenvalue weighted by Gasteiger charge is -2.25. The molecule has 0 bridgehead atoms. The lowest BCUT2D eigenvalue weighted by molar-refractivity contribution is -0.140. The van der Waals surface area contributed by atoms with E-state index in [4.69, 9.17) is 4.74 Å². The number of aliphatic hydroxyl groups excluding tert-OH is 1. The van der Waals surface area contributed by atoms with Crippen molar-refractivity contribution in [1.82, 2.24) is 4.90 Å². The van der Waals surface area contributed by atoms with E-state index in [-0.39, 0.29) is 29.7 Å². The average Bonchev–Trinajstić information content (AvgIpc) is 3.05. The molecule has 34 heavy (non-hydrogen) atoms. The summed E-state index contributed by atoms with van der Waals surface area (Å²) in [4.78, 5) is 27.5. The number of carbonyl (C=O) groups excluding carboxylic acids is 2. The molecule has 0 spiro atoms. The Bertz CT molecular complexity index is 1230. The molecule has 0 aromatic heterocycles. The van der Waals surface area contributed by atoms with Crippen molar-refractivity contribution in [3.8, 4) is 11.5 Å². The van der Waals surface area contributed by atoms with Gasteiger partial charge in [0.2, 0.25) is 0 Å². The van der Waals surface area contributed by atoms with Gasteiger partial charge < -0.3 is 19.8 Å². The number of phenols is 1. The lowest BCUT2D eigenvalue weighted by atomic mass is 9.95. The SMILES string of the molecule is CC(C)Oc1ccc(/C(O)=C2/C(=O)C(=O)N(Cc3ccc(F)cc3)C2c2ccc(O)cc2)cc1. The van der Waals surface area contributed by atoms with Crippen LogP contribution in [0.4, 0.5) is 4.39 Å². The molecule has 1 saturated heterocycles. The number of phenolic OH excluding ortho intramolecular Hbond substituents is 1. The zero-order chi connectivity index (χ0) is 24.4. The van der Waals surface area contributed by atoms with Crippen LogP contribution < -0.4 is 4.74 Å². The summed E-state index contributed by atoms with van der Waals surface area (Å²) >= 11 is 0. The quantitative estimate of drug-likeness (QED) is 0.308. The second kappa shape index (κ2) is 9.39. The third-order valence-corrected chi connectivity index (χ3v) is 5.51. The van der Waals surface area contributed by atoms with Crippen molar-refractivity contribution in [2.24, 2.45) is 0 Å². The van der Waals surface area contributed by atoms with Crippen LogP contribution in [-0.2, 0) is 16.1 Å². The van der Waals surface area contributed by atoms with E-state index in [1.54, 1.807) is 36.4 Å². The Hall–Kier alpha value is -4.13. The van der Waals surface area contributed by atoms with Crippen LogP contribution in [0.3, 0.4) is 0 Å². The van der Waals surface area contributed by atoms with Crippen molar-refractivity contribution >= 4 is 17.4 Å². The molecule has 1 amide bonds. The van der Waals surface area contributed by atoms with Crippen molar-refractivity contribution in [2.45, 2.75) is 32.5 Å². The van der Waals surface area contributed by atoms with Gasteiger partial charge in [0.1, 0.15) is 23.1 Å². The van der Waals surface area contributed by atoms with Crippen molar-refractivity contribution in [3.05, 3.63) is 101 Å². The highest BCUT2D eigenvalue weighted by Crippen LogP contribution is 2.40. The van der Waals surface area contributed by atoms with Gasteiger partial charge in [-0.1, -0.05) is 24.3 Å². The Kier molecular flexibility index (Phi) is 6.36. The molecule has 1 aliphatic rings. The van der Waals surface area contributed by atoms with E-state index in [0.717, 1.165) is 0 Å². The number of aliphatic hydroxyl groups is 1. The molecule has 0 saturated carbocycles. The normalized spacial score (nSPS) is 17.4. The molecule has 2 N–H and O–H groups in total. The first-order chi connectivity index (χ1) is 16.2. The van der Waals surface area contributed by atoms with Crippen LogP contribution in [0.15, 0.2) is 78.4 Å². The number of benzene rings is 3. The molecule has 7 heteroatoms. The van der Waals surface area contributed by atoms with Crippen LogP contribution in [0.2, 0.25) is 0 Å². The molecule has 1 unspecified atom stereocenters. The zero-order valence-corrected chi connectivity index (χ0v) is 18.7. The molecule has 3 aromatic carbocycles. The number of ketones is 1. The Labute approximate surface area is 196 Å². The molecule has 0 aliphatic carbocycles. The van der Waals surface area contributed by atoms with E-state index in [0.29, 0.717) is 22.4 Å². The van der Waals surface area contributed by atoms with Gasteiger partial charge in [0, 0.05) is 12.1 Å². The zero-order valence-electron chi connectivity index (χ0n) is 18.7. The second-order valence-electron chi connectivity index (χ2n) is 8.34. The molecule has 3 aromatic rings. The first-order valence-corrected chi connectivity index (χ1v) is 10.8. The number of amides is 1. The molecule has 0 radical (unpaired) electrons. The van der Waals surface area contributed by atoms with Crippen LogP contribution >= 0.6 is 0 Å². The second-order valence-corrected chi connectivity index (χ2v) is 8.34. The fraction of sp³-hybridized carbons (Fsp3) is 0.185. The first kappa shape index (κ1) is 23.0. The number of hydrogen-bond donors (Lipinski definition) is 2. The van der Waals surface area contributed by atoms with Gasteiger partial charge in [-0.3, -0.25) is 9.59 Å². The maximum absolute atomic E-state index is 13.4. The van der Waals surface area contributed by atoms with Crippen LogP contribution in [0, 0.1) is 5.82 Å². The predicted molar refractivity (Wildman–Crippen MR) is 125 cm³/mol. The summed E-state index contributed by atoms with van der Waals surface area (Å²) in [7, 11) is 0. The van der Waals surface area contributed by atoms with Crippen molar-refractivity contribution in [2.75, 3.05) is 0 Å². The highest BCUT2D eigenvalue weighted by molar-refractivity contribution is 6.46. The highest BCUT2D eigenvalue weighted by atomic mass is 19.1. The maximum Gasteiger partial charge on any atom is 0.295 e. The molecule has 6 nitrogen and oxygen atoms in total. The molecule has 174 valence electrons. The molecular formula is C27H24FNO5. The number of aromatic hydroxyl groups is 1.